The third-order valence-corrected chi connectivity index (χ3v) is 3.06. The Morgan fingerprint density at radius 1 is 1.36 bits per heavy atom. The van der Waals surface area contributed by atoms with E-state index < -0.39 is 0 Å². The molecule has 14 heavy (non-hydrogen) atoms. The van der Waals surface area contributed by atoms with Crippen LogP contribution < -0.4 is 0 Å². The van der Waals surface area contributed by atoms with Gasteiger partial charge in [0.15, 0.2) is 0 Å². The summed E-state index contributed by atoms with van der Waals surface area (Å²) >= 11 is 0. The number of aromatic nitrogens is 3. The van der Waals surface area contributed by atoms with Gasteiger partial charge in [0.1, 0.15) is 0 Å². The van der Waals surface area contributed by atoms with Crippen LogP contribution >= 0.6 is 0 Å². The second kappa shape index (κ2) is 2.35. The maximum Gasteiger partial charge on any atom is 0.233 e. The van der Waals surface area contributed by atoms with Crippen LogP contribution in [0.5, 0.6) is 0 Å². The standard InChI is InChI=1S/C11H13N3/c1-8-5-12-10-13-9(7-14(10)6-8)11(2)3-4-11/h5-7H,3-4H2,1-2H3. The summed E-state index contributed by atoms with van der Waals surface area (Å²) in [6.45, 7) is 4.31. The van der Waals surface area contributed by atoms with E-state index in [-0.39, 0.29) is 0 Å². The predicted octanol–water partition coefficient (Wildman–Crippen LogP) is 2.09. The van der Waals surface area contributed by atoms with Crippen LogP contribution in [0.3, 0.4) is 0 Å². The van der Waals surface area contributed by atoms with Gasteiger partial charge in [0, 0.05) is 24.0 Å². The molecule has 2 heterocycles. The number of rotatable bonds is 1. The molecule has 0 saturated heterocycles. The maximum absolute atomic E-state index is 4.54. The summed E-state index contributed by atoms with van der Waals surface area (Å²) in [6, 6.07) is 0. The van der Waals surface area contributed by atoms with Crippen LogP contribution in [0.1, 0.15) is 31.0 Å². The summed E-state index contributed by atoms with van der Waals surface area (Å²) in [5, 5.41) is 0. The van der Waals surface area contributed by atoms with Gasteiger partial charge in [0.25, 0.3) is 0 Å². The lowest BCUT2D eigenvalue weighted by Gasteiger charge is -1.99. The molecule has 0 aliphatic heterocycles. The van der Waals surface area contributed by atoms with Crippen molar-refractivity contribution in [1.29, 1.82) is 0 Å². The van der Waals surface area contributed by atoms with Crippen LogP contribution in [-0.4, -0.2) is 14.4 Å². The van der Waals surface area contributed by atoms with Crippen molar-refractivity contribution in [3.05, 3.63) is 29.8 Å². The maximum atomic E-state index is 4.54. The molecule has 1 saturated carbocycles. The lowest BCUT2D eigenvalue weighted by molar-refractivity contribution is 0.758. The quantitative estimate of drug-likeness (QED) is 0.684. The van der Waals surface area contributed by atoms with E-state index in [9.17, 15) is 0 Å². The fraction of sp³-hybridized carbons (Fsp3) is 0.455. The Bertz CT molecular complexity index is 494. The largest absolute Gasteiger partial charge is 0.291 e. The van der Waals surface area contributed by atoms with Crippen LogP contribution in [0.25, 0.3) is 5.78 Å². The first kappa shape index (κ1) is 7.97. The van der Waals surface area contributed by atoms with Crippen LogP contribution in [0.2, 0.25) is 0 Å². The summed E-state index contributed by atoms with van der Waals surface area (Å²) in [7, 11) is 0. The molecule has 1 fully saturated rings. The van der Waals surface area contributed by atoms with Crippen molar-refractivity contribution in [2.45, 2.75) is 32.1 Å². The lowest BCUT2D eigenvalue weighted by atomic mass is 10.1. The van der Waals surface area contributed by atoms with Gasteiger partial charge in [-0.25, -0.2) is 9.97 Å². The monoisotopic (exact) mass is 187 g/mol. The number of imidazole rings is 1. The van der Waals surface area contributed by atoms with E-state index in [0.29, 0.717) is 5.41 Å². The van der Waals surface area contributed by atoms with E-state index in [1.165, 1.54) is 24.1 Å². The van der Waals surface area contributed by atoms with Crippen molar-refractivity contribution in [3.63, 3.8) is 0 Å². The summed E-state index contributed by atoms with van der Waals surface area (Å²) in [5.74, 6) is 0.818. The van der Waals surface area contributed by atoms with Gasteiger partial charge in [-0.1, -0.05) is 6.92 Å². The summed E-state index contributed by atoms with van der Waals surface area (Å²) < 4.78 is 2.02. The zero-order chi connectivity index (χ0) is 9.76. The molecular weight excluding hydrogens is 174 g/mol. The molecule has 0 amide bonds. The minimum absolute atomic E-state index is 0.335. The molecule has 0 N–H and O–H groups in total. The first-order valence-electron chi connectivity index (χ1n) is 4.99. The van der Waals surface area contributed by atoms with Gasteiger partial charge in [-0.3, -0.25) is 4.40 Å². The van der Waals surface area contributed by atoms with Crippen LogP contribution in [0.4, 0.5) is 0 Å². The van der Waals surface area contributed by atoms with Gasteiger partial charge in [-0.2, -0.15) is 0 Å². The third-order valence-electron chi connectivity index (χ3n) is 3.06. The molecule has 72 valence electrons. The van der Waals surface area contributed by atoms with E-state index in [1.54, 1.807) is 0 Å². The molecular formula is C11H13N3. The molecule has 0 aromatic carbocycles. The predicted molar refractivity (Wildman–Crippen MR) is 54.3 cm³/mol. The molecule has 1 aliphatic carbocycles. The zero-order valence-corrected chi connectivity index (χ0v) is 8.49. The number of nitrogens with zero attached hydrogens (tertiary/aromatic N) is 3. The fourth-order valence-electron chi connectivity index (χ4n) is 1.72. The molecule has 3 heteroatoms. The van der Waals surface area contributed by atoms with Gasteiger partial charge in [0.05, 0.1) is 5.69 Å². The van der Waals surface area contributed by atoms with Crippen molar-refractivity contribution < 1.29 is 0 Å². The van der Waals surface area contributed by atoms with Gasteiger partial charge in [-0.05, 0) is 25.3 Å². The number of hydrogen-bond donors (Lipinski definition) is 0. The van der Waals surface area contributed by atoms with Crippen LogP contribution in [0, 0.1) is 6.92 Å². The van der Waals surface area contributed by atoms with Crippen LogP contribution in [-0.2, 0) is 5.41 Å². The first-order valence-corrected chi connectivity index (χ1v) is 4.99. The topological polar surface area (TPSA) is 30.2 Å². The van der Waals surface area contributed by atoms with E-state index >= 15 is 0 Å². The molecule has 1 aliphatic rings. The summed E-state index contributed by atoms with van der Waals surface area (Å²) in [5.41, 5.74) is 2.69. The SMILES string of the molecule is Cc1cnc2nc(C3(C)CC3)cn2c1. The van der Waals surface area contributed by atoms with E-state index in [2.05, 4.69) is 29.3 Å². The molecule has 0 atom stereocenters. The van der Waals surface area contributed by atoms with E-state index in [1.807, 2.05) is 17.5 Å². The average Bonchev–Trinajstić information content (AvgIpc) is 2.77. The highest BCUT2D eigenvalue weighted by molar-refractivity contribution is 5.36. The lowest BCUT2D eigenvalue weighted by Crippen LogP contribution is -1.98. The van der Waals surface area contributed by atoms with Gasteiger partial charge >= 0.3 is 0 Å². The Labute approximate surface area is 82.8 Å². The minimum atomic E-state index is 0.335. The summed E-state index contributed by atoms with van der Waals surface area (Å²) in [4.78, 5) is 8.83. The molecule has 0 radical (unpaired) electrons. The molecule has 0 unspecified atom stereocenters. The van der Waals surface area contributed by atoms with Gasteiger partial charge < -0.3 is 0 Å². The number of fused-ring (bicyclic) bond motifs is 1. The number of aryl methyl sites for hydroxylation is 1. The van der Waals surface area contributed by atoms with Crippen molar-refractivity contribution in [2.24, 2.45) is 0 Å². The van der Waals surface area contributed by atoms with E-state index in [0.717, 1.165) is 5.78 Å². The molecule has 2 aromatic rings. The average molecular weight is 187 g/mol. The van der Waals surface area contributed by atoms with Gasteiger partial charge in [-0.15, -0.1) is 0 Å². The Hall–Kier alpha value is -1.38. The molecule has 3 rings (SSSR count). The highest BCUT2D eigenvalue weighted by Crippen LogP contribution is 2.46. The minimum Gasteiger partial charge on any atom is -0.291 e. The Morgan fingerprint density at radius 3 is 2.86 bits per heavy atom. The molecule has 0 spiro atoms. The zero-order valence-electron chi connectivity index (χ0n) is 8.49. The smallest absolute Gasteiger partial charge is 0.233 e. The highest BCUT2D eigenvalue weighted by atomic mass is 15.1. The summed E-state index contributed by atoms with van der Waals surface area (Å²) in [6.07, 6.45) is 8.57. The molecule has 0 bridgehead atoms. The second-order valence-electron chi connectivity index (χ2n) is 4.53. The van der Waals surface area contributed by atoms with Crippen molar-refractivity contribution in [2.75, 3.05) is 0 Å². The molecule has 2 aromatic heterocycles. The first-order chi connectivity index (χ1) is 6.67. The highest BCUT2D eigenvalue weighted by Gasteiger charge is 2.41. The number of hydrogen-bond acceptors (Lipinski definition) is 2. The van der Waals surface area contributed by atoms with E-state index in [4.69, 9.17) is 0 Å². The van der Waals surface area contributed by atoms with Crippen molar-refractivity contribution in [3.8, 4) is 0 Å². The second-order valence-corrected chi connectivity index (χ2v) is 4.53. The van der Waals surface area contributed by atoms with Crippen LogP contribution in [0.15, 0.2) is 18.6 Å². The van der Waals surface area contributed by atoms with Gasteiger partial charge in [0.2, 0.25) is 5.78 Å². The molecule has 3 nitrogen and oxygen atoms in total. The third kappa shape index (κ3) is 1.05. The normalized spacial score (nSPS) is 18.7. The Morgan fingerprint density at radius 2 is 2.14 bits per heavy atom. The Balaban J connectivity index is 2.20. The van der Waals surface area contributed by atoms with Crippen molar-refractivity contribution in [1.82, 2.24) is 14.4 Å². The fourth-order valence-corrected chi connectivity index (χ4v) is 1.72. The van der Waals surface area contributed by atoms with Crippen molar-refractivity contribution >= 4 is 5.78 Å². The Kier molecular flexibility index (Phi) is 1.34.